The normalized spacial score (nSPS) is 13.3. The maximum Gasteiger partial charge on any atom is 0.287 e. The third-order valence-corrected chi connectivity index (χ3v) is 3.74. The summed E-state index contributed by atoms with van der Waals surface area (Å²) in [5.74, 6) is 0.0804. The van der Waals surface area contributed by atoms with Crippen molar-refractivity contribution >= 4 is 27.1 Å². The minimum atomic E-state index is -2.99. The van der Waals surface area contributed by atoms with E-state index in [9.17, 15) is 13.2 Å². The Kier molecular flexibility index (Phi) is 4.75. The summed E-state index contributed by atoms with van der Waals surface area (Å²) in [5, 5.41) is 6.87. The van der Waals surface area contributed by atoms with Crippen LogP contribution >= 0.6 is 11.6 Å². The third-order valence-electron chi connectivity index (χ3n) is 2.40. The van der Waals surface area contributed by atoms with E-state index in [-0.39, 0.29) is 16.8 Å². The third kappa shape index (κ3) is 4.30. The van der Waals surface area contributed by atoms with Gasteiger partial charge in [0.15, 0.2) is 0 Å². The van der Waals surface area contributed by atoms with Crippen molar-refractivity contribution in [2.45, 2.75) is 19.4 Å². The number of hydrogen-bond acceptors (Lipinski definition) is 5. The summed E-state index contributed by atoms with van der Waals surface area (Å²) >= 11 is 5.88. The lowest BCUT2D eigenvalue weighted by Gasteiger charge is -2.15. The van der Waals surface area contributed by atoms with Gasteiger partial charge in [0.1, 0.15) is 14.9 Å². The van der Waals surface area contributed by atoms with Gasteiger partial charge in [0.2, 0.25) is 0 Å². The van der Waals surface area contributed by atoms with E-state index < -0.39 is 15.4 Å². The van der Waals surface area contributed by atoms with E-state index in [0.29, 0.717) is 12.1 Å². The van der Waals surface area contributed by atoms with Gasteiger partial charge in [0, 0.05) is 19.3 Å². The monoisotopic (exact) mass is 293 g/mol. The molecule has 0 bridgehead atoms. The molecule has 0 aliphatic heterocycles. The van der Waals surface area contributed by atoms with Crippen LogP contribution in [-0.2, 0) is 16.9 Å². The Morgan fingerprint density at radius 2 is 2.17 bits per heavy atom. The van der Waals surface area contributed by atoms with Crippen molar-refractivity contribution in [2.24, 2.45) is 7.05 Å². The molecule has 1 unspecified atom stereocenters. The smallest absolute Gasteiger partial charge is 0.287 e. The van der Waals surface area contributed by atoms with Gasteiger partial charge in [0.25, 0.3) is 5.56 Å². The average molecular weight is 294 g/mol. The number of sulfone groups is 1. The predicted molar refractivity (Wildman–Crippen MR) is 71.9 cm³/mol. The van der Waals surface area contributed by atoms with Gasteiger partial charge in [-0.1, -0.05) is 11.6 Å². The zero-order valence-corrected chi connectivity index (χ0v) is 12.0. The Labute approximate surface area is 111 Å². The Morgan fingerprint density at radius 3 is 2.72 bits per heavy atom. The lowest BCUT2D eigenvalue weighted by Crippen LogP contribution is -2.24. The number of anilines is 1. The number of nitrogens with one attached hydrogen (secondary N) is 1. The van der Waals surface area contributed by atoms with Crippen molar-refractivity contribution in [2.75, 3.05) is 17.3 Å². The first-order chi connectivity index (χ1) is 8.20. The van der Waals surface area contributed by atoms with Gasteiger partial charge in [0.05, 0.1) is 17.6 Å². The number of aryl methyl sites for hydroxylation is 1. The van der Waals surface area contributed by atoms with Crippen LogP contribution in [0.4, 0.5) is 5.69 Å². The molecule has 0 radical (unpaired) electrons. The minimum absolute atomic E-state index is 0.0544. The van der Waals surface area contributed by atoms with Crippen molar-refractivity contribution < 1.29 is 8.42 Å². The lowest BCUT2D eigenvalue weighted by atomic mass is 10.2. The molecule has 18 heavy (non-hydrogen) atoms. The Balaban J connectivity index is 2.74. The van der Waals surface area contributed by atoms with Crippen LogP contribution in [0.3, 0.4) is 0 Å². The highest BCUT2D eigenvalue weighted by atomic mass is 35.5. The summed E-state index contributed by atoms with van der Waals surface area (Å²) in [6.45, 7) is 1.82. The predicted octanol–water partition coefficient (Wildman–Crippen LogP) is 0.669. The van der Waals surface area contributed by atoms with Crippen LogP contribution in [-0.4, -0.2) is 36.2 Å². The van der Waals surface area contributed by atoms with E-state index in [1.165, 1.54) is 19.5 Å². The van der Waals surface area contributed by atoms with Crippen molar-refractivity contribution in [3.63, 3.8) is 0 Å². The molecule has 1 rings (SSSR count). The van der Waals surface area contributed by atoms with Crippen molar-refractivity contribution in [1.82, 2.24) is 9.78 Å². The first kappa shape index (κ1) is 15.0. The number of aromatic nitrogens is 2. The van der Waals surface area contributed by atoms with Gasteiger partial charge in [-0.3, -0.25) is 4.79 Å². The summed E-state index contributed by atoms with van der Waals surface area (Å²) in [7, 11) is -1.49. The molecule has 0 fully saturated rings. The van der Waals surface area contributed by atoms with Crippen LogP contribution in [0.25, 0.3) is 0 Å². The Bertz CT molecular complexity index is 583. The minimum Gasteiger partial charge on any atom is -0.380 e. The Morgan fingerprint density at radius 1 is 1.56 bits per heavy atom. The molecule has 6 nitrogen and oxygen atoms in total. The maximum absolute atomic E-state index is 11.5. The summed E-state index contributed by atoms with van der Waals surface area (Å²) in [4.78, 5) is 11.5. The van der Waals surface area contributed by atoms with Gasteiger partial charge in [-0.2, -0.15) is 5.10 Å². The summed E-state index contributed by atoms with van der Waals surface area (Å²) in [5.41, 5.74) is 0.0257. The van der Waals surface area contributed by atoms with E-state index in [2.05, 4.69) is 10.4 Å². The van der Waals surface area contributed by atoms with Crippen LogP contribution in [0, 0.1) is 0 Å². The molecule has 8 heteroatoms. The molecule has 0 aliphatic carbocycles. The highest BCUT2D eigenvalue weighted by Gasteiger charge is 2.12. The fourth-order valence-electron chi connectivity index (χ4n) is 1.34. The van der Waals surface area contributed by atoms with Crippen molar-refractivity contribution in [3.05, 3.63) is 21.6 Å². The molecule has 0 aliphatic rings. The van der Waals surface area contributed by atoms with Gasteiger partial charge < -0.3 is 5.32 Å². The van der Waals surface area contributed by atoms with Gasteiger partial charge in [-0.15, -0.1) is 0 Å². The first-order valence-corrected chi connectivity index (χ1v) is 7.80. The summed E-state index contributed by atoms with van der Waals surface area (Å²) in [6.07, 6.45) is 3.07. The number of nitrogens with zero attached hydrogens (tertiary/aromatic N) is 2. The van der Waals surface area contributed by atoms with Crippen molar-refractivity contribution in [3.8, 4) is 0 Å². The molecule has 0 amide bonds. The van der Waals surface area contributed by atoms with Crippen LogP contribution in [0.5, 0.6) is 0 Å². The van der Waals surface area contributed by atoms with E-state index in [4.69, 9.17) is 11.6 Å². The fourth-order valence-corrected chi connectivity index (χ4v) is 2.35. The molecule has 1 atom stereocenters. The quantitative estimate of drug-likeness (QED) is 0.863. The summed E-state index contributed by atoms with van der Waals surface area (Å²) in [6, 6.07) is -0.119. The largest absolute Gasteiger partial charge is 0.380 e. The first-order valence-electron chi connectivity index (χ1n) is 5.37. The van der Waals surface area contributed by atoms with Crippen LogP contribution < -0.4 is 10.9 Å². The molecule has 102 valence electrons. The SMILES string of the molecule is CC(CCS(C)(=O)=O)Nc1cnn(C)c(=O)c1Cl. The standard InChI is InChI=1S/C10H16ClN3O3S/c1-7(4-5-18(3,16)17)13-8-6-12-14(2)10(15)9(8)11/h6-7,13H,4-5H2,1-3H3. The fraction of sp³-hybridized carbons (Fsp3) is 0.600. The second-order valence-corrected chi connectivity index (χ2v) is 6.90. The molecular weight excluding hydrogens is 278 g/mol. The molecule has 0 spiro atoms. The van der Waals surface area contributed by atoms with Gasteiger partial charge in [-0.25, -0.2) is 13.1 Å². The van der Waals surface area contributed by atoms with Crippen LogP contribution in [0.15, 0.2) is 11.0 Å². The van der Waals surface area contributed by atoms with E-state index in [1.54, 1.807) is 0 Å². The van der Waals surface area contributed by atoms with E-state index in [0.717, 1.165) is 4.68 Å². The van der Waals surface area contributed by atoms with E-state index in [1.807, 2.05) is 6.92 Å². The van der Waals surface area contributed by atoms with Crippen LogP contribution in [0.1, 0.15) is 13.3 Å². The van der Waals surface area contributed by atoms with Gasteiger partial charge >= 0.3 is 0 Å². The molecular formula is C10H16ClN3O3S. The second-order valence-electron chi connectivity index (χ2n) is 4.26. The van der Waals surface area contributed by atoms with Crippen LogP contribution in [0.2, 0.25) is 5.02 Å². The molecule has 0 aromatic carbocycles. The second kappa shape index (κ2) is 5.71. The molecule has 1 aromatic heterocycles. The van der Waals surface area contributed by atoms with Crippen molar-refractivity contribution in [1.29, 1.82) is 0 Å². The topological polar surface area (TPSA) is 81.1 Å². The zero-order chi connectivity index (χ0) is 13.9. The van der Waals surface area contributed by atoms with Gasteiger partial charge in [-0.05, 0) is 13.3 Å². The molecule has 1 heterocycles. The molecule has 1 N–H and O–H groups in total. The number of rotatable bonds is 5. The number of halogens is 1. The lowest BCUT2D eigenvalue weighted by molar-refractivity contribution is 0.595. The summed E-state index contributed by atoms with van der Waals surface area (Å²) < 4.78 is 23.2. The maximum atomic E-state index is 11.5. The highest BCUT2D eigenvalue weighted by Crippen LogP contribution is 2.16. The molecule has 0 saturated heterocycles. The highest BCUT2D eigenvalue weighted by molar-refractivity contribution is 7.90. The number of hydrogen-bond donors (Lipinski definition) is 1. The van der Waals surface area contributed by atoms with E-state index >= 15 is 0 Å². The Hall–Kier alpha value is -1.08. The zero-order valence-electron chi connectivity index (χ0n) is 10.5. The average Bonchev–Trinajstić information content (AvgIpc) is 2.26. The molecule has 1 aromatic rings. The molecule has 0 saturated carbocycles.